The summed E-state index contributed by atoms with van der Waals surface area (Å²) in [5.74, 6) is -0.0812. The number of carbonyl (C=O) groups excluding carboxylic acids is 2. The maximum Gasteiger partial charge on any atom is 0.414 e. The van der Waals surface area contributed by atoms with E-state index in [1.807, 2.05) is 44.2 Å². The predicted molar refractivity (Wildman–Crippen MR) is 190 cm³/mol. The smallest absolute Gasteiger partial charge is 0.414 e. The maximum absolute atomic E-state index is 14.5. The lowest BCUT2D eigenvalue weighted by atomic mass is 9.87. The highest BCUT2D eigenvalue weighted by molar-refractivity contribution is 7.89. The quantitative estimate of drug-likeness (QED) is 0.232. The Bertz CT molecular complexity index is 1620. The number of nitriles is 1. The number of nitrogens with one attached hydrogen (secondary N) is 1. The molecule has 0 bridgehead atoms. The van der Waals surface area contributed by atoms with Gasteiger partial charge in [-0.05, 0) is 75.6 Å². The van der Waals surface area contributed by atoms with Crippen molar-refractivity contribution in [3.8, 4) is 6.07 Å². The summed E-state index contributed by atoms with van der Waals surface area (Å²) in [6, 6.07) is 16.4. The molecule has 13 nitrogen and oxygen atoms in total. The number of anilines is 1. The van der Waals surface area contributed by atoms with Crippen LogP contribution in [-0.4, -0.2) is 93.5 Å². The molecule has 2 amide bonds. The highest BCUT2D eigenvalue weighted by Gasteiger charge is 2.44. The van der Waals surface area contributed by atoms with Crippen molar-refractivity contribution in [1.82, 2.24) is 9.62 Å². The molecule has 2 saturated heterocycles. The van der Waals surface area contributed by atoms with Gasteiger partial charge in [-0.1, -0.05) is 50.2 Å². The third-order valence-corrected chi connectivity index (χ3v) is 10.8. The zero-order valence-electron chi connectivity index (χ0n) is 30.4. The van der Waals surface area contributed by atoms with Crippen LogP contribution in [0.15, 0.2) is 59.5 Å². The summed E-state index contributed by atoms with van der Waals surface area (Å²) in [6.45, 7) is 9.40. The first-order chi connectivity index (χ1) is 24.0. The number of fused-ring (bicyclic) bond motifs is 1. The standard InChI is InChI=1S/C37H52N4O9S/c1-36(2,3)50-35(44)40(6)27-15-12-16-28(22-27)51(45,46)41(25-37(4,5)18-10-11-19-38)23-31(42)30(21-26-13-8-7-9-14-26)39-34(43)49-32-24-48-33-29(32)17-20-47-33/h7-9,12-16,22,29-33,42H,10-11,17-18,20-21,23-25H2,1-6H3,(H,39,43)/t29?,30-,31+,32?,33?/m0/s1. The van der Waals surface area contributed by atoms with Crippen molar-refractivity contribution in [1.29, 1.82) is 5.26 Å². The van der Waals surface area contributed by atoms with E-state index in [9.17, 15) is 23.1 Å². The number of ether oxygens (including phenoxy) is 4. The number of hydrogen-bond acceptors (Lipinski definition) is 10. The van der Waals surface area contributed by atoms with Gasteiger partial charge in [0.1, 0.15) is 11.7 Å². The number of carbonyl (C=O) groups is 2. The van der Waals surface area contributed by atoms with Gasteiger partial charge in [0.05, 0.1) is 42.2 Å². The fourth-order valence-corrected chi connectivity index (χ4v) is 7.93. The first-order valence-electron chi connectivity index (χ1n) is 17.4. The number of nitrogens with zero attached hydrogens (tertiary/aromatic N) is 3. The van der Waals surface area contributed by atoms with Crippen LogP contribution in [0, 0.1) is 22.7 Å². The van der Waals surface area contributed by atoms with Crippen molar-refractivity contribution in [3.63, 3.8) is 0 Å². The Morgan fingerprint density at radius 1 is 1.10 bits per heavy atom. The molecule has 2 aliphatic heterocycles. The monoisotopic (exact) mass is 728 g/mol. The maximum atomic E-state index is 14.5. The Morgan fingerprint density at radius 3 is 2.51 bits per heavy atom. The van der Waals surface area contributed by atoms with Crippen molar-refractivity contribution in [2.24, 2.45) is 11.3 Å². The zero-order chi connectivity index (χ0) is 37.4. The van der Waals surface area contributed by atoms with Crippen LogP contribution in [-0.2, 0) is 35.4 Å². The van der Waals surface area contributed by atoms with Gasteiger partial charge in [0, 0.05) is 32.2 Å². The fraction of sp³-hybridized carbons (Fsp3) is 0.595. The van der Waals surface area contributed by atoms with Gasteiger partial charge >= 0.3 is 12.2 Å². The van der Waals surface area contributed by atoms with Crippen molar-refractivity contribution >= 4 is 27.9 Å². The van der Waals surface area contributed by atoms with Crippen LogP contribution in [0.1, 0.15) is 65.9 Å². The van der Waals surface area contributed by atoms with E-state index in [0.717, 1.165) is 5.56 Å². The van der Waals surface area contributed by atoms with Crippen LogP contribution in [0.3, 0.4) is 0 Å². The largest absolute Gasteiger partial charge is 0.443 e. The molecule has 0 aromatic heterocycles. The average Bonchev–Trinajstić information content (AvgIpc) is 3.68. The minimum absolute atomic E-state index is 0.00887. The lowest BCUT2D eigenvalue weighted by molar-refractivity contribution is -0.0907. The van der Waals surface area contributed by atoms with Gasteiger partial charge in [0.15, 0.2) is 6.29 Å². The lowest BCUT2D eigenvalue weighted by Crippen LogP contribution is -2.52. The van der Waals surface area contributed by atoms with Gasteiger partial charge < -0.3 is 29.4 Å². The van der Waals surface area contributed by atoms with Crippen LogP contribution in [0.4, 0.5) is 15.3 Å². The molecule has 2 fully saturated rings. The highest BCUT2D eigenvalue weighted by atomic mass is 32.2. The van der Waals surface area contributed by atoms with Gasteiger partial charge in [-0.2, -0.15) is 9.57 Å². The highest BCUT2D eigenvalue weighted by Crippen LogP contribution is 2.33. The number of amides is 2. The van der Waals surface area contributed by atoms with E-state index in [-0.39, 0.29) is 36.9 Å². The fourth-order valence-electron chi connectivity index (χ4n) is 6.25. The Labute approximate surface area is 301 Å². The summed E-state index contributed by atoms with van der Waals surface area (Å²) in [4.78, 5) is 27.2. The van der Waals surface area contributed by atoms with E-state index in [2.05, 4.69) is 11.4 Å². The first-order valence-corrected chi connectivity index (χ1v) is 18.8. The lowest BCUT2D eigenvalue weighted by Gasteiger charge is -2.35. The van der Waals surface area contributed by atoms with Crippen LogP contribution in [0.25, 0.3) is 0 Å². The molecule has 2 N–H and O–H groups in total. The molecule has 2 heterocycles. The first kappa shape index (κ1) is 40.0. The SMILES string of the molecule is CN(C(=O)OC(C)(C)C)c1cccc(S(=O)(=O)N(C[C@@H](O)[C@H](Cc2ccccc2)NC(=O)OC2COC3OCCC23)CC(C)(C)CCCC#N)c1. The third-order valence-electron chi connectivity index (χ3n) is 8.96. The van der Waals surface area contributed by atoms with Crippen molar-refractivity contribution < 1.29 is 42.1 Å². The number of aliphatic hydroxyl groups is 1. The molecular weight excluding hydrogens is 676 g/mol. The number of sulfonamides is 1. The van der Waals surface area contributed by atoms with Gasteiger partial charge in [-0.25, -0.2) is 18.0 Å². The molecule has 14 heteroatoms. The molecule has 280 valence electrons. The number of rotatable bonds is 15. The van der Waals surface area contributed by atoms with Crippen LogP contribution in [0.2, 0.25) is 0 Å². The molecule has 0 radical (unpaired) electrons. The summed E-state index contributed by atoms with van der Waals surface area (Å²) in [6.07, 6.45) is -1.34. The van der Waals surface area contributed by atoms with E-state index in [0.29, 0.717) is 38.0 Å². The molecule has 2 aliphatic rings. The summed E-state index contributed by atoms with van der Waals surface area (Å²) >= 11 is 0. The van der Waals surface area contributed by atoms with E-state index >= 15 is 0 Å². The molecule has 3 unspecified atom stereocenters. The molecule has 4 rings (SSSR count). The molecule has 0 aliphatic carbocycles. The molecular formula is C37H52N4O9S. The summed E-state index contributed by atoms with van der Waals surface area (Å²) in [5, 5.41) is 23.7. The molecule has 51 heavy (non-hydrogen) atoms. The molecule has 2 aromatic rings. The van der Waals surface area contributed by atoms with Crippen molar-refractivity contribution in [2.45, 2.75) is 102 Å². The Kier molecular flexibility index (Phi) is 13.5. The van der Waals surface area contributed by atoms with Gasteiger partial charge in [0.25, 0.3) is 0 Å². The number of alkyl carbamates (subject to hydrolysis) is 1. The third kappa shape index (κ3) is 11.4. The second-order valence-electron chi connectivity index (χ2n) is 15.0. The van der Waals surface area contributed by atoms with Crippen LogP contribution >= 0.6 is 0 Å². The van der Waals surface area contributed by atoms with E-state index in [1.54, 1.807) is 26.8 Å². The molecule has 0 spiro atoms. The molecule has 2 aromatic carbocycles. The van der Waals surface area contributed by atoms with Gasteiger partial charge in [-0.15, -0.1) is 0 Å². The molecule has 5 atom stereocenters. The minimum Gasteiger partial charge on any atom is -0.443 e. The van der Waals surface area contributed by atoms with Crippen molar-refractivity contribution in [2.75, 3.05) is 38.3 Å². The summed E-state index contributed by atoms with van der Waals surface area (Å²) in [5.41, 5.74) is -0.220. The second kappa shape index (κ2) is 17.2. The topological polar surface area (TPSA) is 168 Å². The number of benzene rings is 2. The number of unbranched alkanes of at least 4 members (excludes halogenated alkanes) is 1. The van der Waals surface area contributed by atoms with E-state index in [4.69, 9.17) is 24.2 Å². The normalized spacial score (nSPS) is 20.3. The number of aliphatic hydroxyl groups excluding tert-OH is 1. The Morgan fingerprint density at radius 2 is 1.82 bits per heavy atom. The molecule has 0 saturated carbocycles. The number of hydrogen-bond donors (Lipinski definition) is 2. The van der Waals surface area contributed by atoms with Gasteiger partial charge in [0.2, 0.25) is 10.0 Å². The Hall–Kier alpha value is -3.74. The average molecular weight is 729 g/mol. The minimum atomic E-state index is -4.28. The Balaban J connectivity index is 1.61. The van der Waals surface area contributed by atoms with Crippen LogP contribution in [0.5, 0.6) is 0 Å². The summed E-state index contributed by atoms with van der Waals surface area (Å²) in [7, 11) is -2.79. The second-order valence-corrected chi connectivity index (χ2v) is 16.9. The predicted octanol–water partition coefficient (Wildman–Crippen LogP) is 5.23. The summed E-state index contributed by atoms with van der Waals surface area (Å²) < 4.78 is 52.5. The van der Waals surface area contributed by atoms with Crippen LogP contribution < -0.4 is 10.2 Å². The van der Waals surface area contributed by atoms with E-state index < -0.39 is 57.8 Å². The van der Waals surface area contributed by atoms with Gasteiger partial charge in [-0.3, -0.25) is 4.90 Å². The zero-order valence-corrected chi connectivity index (χ0v) is 31.2. The van der Waals surface area contributed by atoms with Crippen molar-refractivity contribution in [3.05, 3.63) is 60.2 Å². The van der Waals surface area contributed by atoms with E-state index in [1.165, 1.54) is 34.5 Å².